The third-order valence-corrected chi connectivity index (χ3v) is 5.66. The van der Waals surface area contributed by atoms with Crippen LogP contribution in [0.3, 0.4) is 0 Å². The first kappa shape index (κ1) is 26.5. The predicted octanol–water partition coefficient (Wildman–Crippen LogP) is 3.40. The van der Waals surface area contributed by atoms with E-state index < -0.39 is 30.8 Å². The van der Waals surface area contributed by atoms with E-state index in [9.17, 15) is 28.2 Å². The summed E-state index contributed by atoms with van der Waals surface area (Å²) in [6.45, 7) is 6.41. The van der Waals surface area contributed by atoms with Gasteiger partial charge in [-0.1, -0.05) is 0 Å². The molecular weight excluding hydrogens is 495 g/mol. The number of fused-ring (bicyclic) bond motifs is 1. The van der Waals surface area contributed by atoms with Gasteiger partial charge in [-0.2, -0.15) is 0 Å². The highest BCUT2D eigenvalue weighted by molar-refractivity contribution is 5.92. The van der Waals surface area contributed by atoms with Crippen molar-refractivity contribution < 1.29 is 37.7 Å². The van der Waals surface area contributed by atoms with Crippen LogP contribution in [-0.4, -0.2) is 80.7 Å². The number of pyridine rings is 1. The fraction of sp³-hybridized carbons (Fsp3) is 0.458. The molecule has 2 N–H and O–H groups in total. The molecule has 1 atom stereocenters. The Morgan fingerprint density at radius 2 is 1.73 bits per heavy atom. The number of hydrogen-bond donors (Lipinski definition) is 2. The molecular formula is C24H28F3N5O5. The molecule has 1 aromatic carbocycles. The van der Waals surface area contributed by atoms with E-state index >= 15 is 0 Å². The predicted molar refractivity (Wildman–Crippen MR) is 128 cm³/mol. The molecule has 200 valence electrons. The van der Waals surface area contributed by atoms with Gasteiger partial charge in [0.2, 0.25) is 0 Å². The van der Waals surface area contributed by atoms with Crippen molar-refractivity contribution in [2.45, 2.75) is 38.8 Å². The number of halogens is 3. The lowest BCUT2D eigenvalue weighted by Crippen LogP contribution is -2.50. The number of benzene rings is 1. The second-order valence-electron chi connectivity index (χ2n) is 9.53. The fourth-order valence-electron chi connectivity index (χ4n) is 4.04. The number of carbonyl (C=O) groups excluding carboxylic acids is 1. The van der Waals surface area contributed by atoms with E-state index in [2.05, 4.69) is 14.8 Å². The minimum absolute atomic E-state index is 0.346. The fourth-order valence-corrected chi connectivity index (χ4v) is 4.04. The lowest BCUT2D eigenvalue weighted by molar-refractivity contribution is -0.274. The average molecular weight is 524 g/mol. The largest absolute Gasteiger partial charge is 0.573 e. The monoisotopic (exact) mass is 523 g/mol. The molecule has 10 nitrogen and oxygen atoms in total. The van der Waals surface area contributed by atoms with Gasteiger partial charge in [0.05, 0.1) is 17.7 Å². The van der Waals surface area contributed by atoms with Gasteiger partial charge in [0.15, 0.2) is 11.5 Å². The summed E-state index contributed by atoms with van der Waals surface area (Å²) in [5, 5.41) is 25.3. The molecule has 1 unspecified atom stereocenters. The summed E-state index contributed by atoms with van der Waals surface area (Å²) in [5.41, 5.74) is 0.547. The molecule has 0 radical (unpaired) electrons. The van der Waals surface area contributed by atoms with Crippen LogP contribution in [0, 0.1) is 0 Å². The quantitative estimate of drug-likeness (QED) is 0.523. The van der Waals surface area contributed by atoms with E-state index in [1.165, 1.54) is 35.1 Å². The van der Waals surface area contributed by atoms with Crippen LogP contribution in [0.15, 0.2) is 36.5 Å². The van der Waals surface area contributed by atoms with E-state index in [1.54, 1.807) is 31.7 Å². The Bertz CT molecular complexity index is 1250. The van der Waals surface area contributed by atoms with E-state index in [-0.39, 0.29) is 5.75 Å². The molecule has 37 heavy (non-hydrogen) atoms. The van der Waals surface area contributed by atoms with Crippen LogP contribution in [0.4, 0.5) is 23.8 Å². The van der Waals surface area contributed by atoms with Gasteiger partial charge >= 0.3 is 12.5 Å². The van der Waals surface area contributed by atoms with Crippen LogP contribution in [0.1, 0.15) is 32.4 Å². The highest BCUT2D eigenvalue weighted by Gasteiger charge is 2.32. The van der Waals surface area contributed by atoms with Crippen molar-refractivity contribution in [3.63, 3.8) is 0 Å². The minimum atomic E-state index is -4.81. The van der Waals surface area contributed by atoms with E-state index in [4.69, 9.17) is 4.74 Å². The number of carbonyl (C=O) groups is 1. The Hall–Kier alpha value is -3.58. The molecule has 2 aromatic heterocycles. The SMILES string of the molecule is CC(C)(C)OC(=O)N1CCN(c2nn(-c3ccc(OC(F)(F)F)cc3)c3nccc(C(O)CO)c23)CC1. The molecule has 3 heterocycles. The first-order valence-electron chi connectivity index (χ1n) is 11.6. The van der Waals surface area contributed by atoms with Gasteiger partial charge in [-0.3, -0.25) is 0 Å². The second kappa shape index (κ2) is 10.1. The molecule has 0 aliphatic carbocycles. The Morgan fingerprint density at radius 3 is 2.30 bits per heavy atom. The van der Waals surface area contributed by atoms with Crippen molar-refractivity contribution in [3.8, 4) is 11.4 Å². The molecule has 0 spiro atoms. The Labute approximate surface area is 210 Å². The van der Waals surface area contributed by atoms with Crippen molar-refractivity contribution in [2.24, 2.45) is 0 Å². The van der Waals surface area contributed by atoms with Crippen LogP contribution in [0.5, 0.6) is 5.75 Å². The van der Waals surface area contributed by atoms with Gasteiger partial charge in [0, 0.05) is 32.4 Å². The van der Waals surface area contributed by atoms with Gasteiger partial charge in [-0.25, -0.2) is 14.5 Å². The molecule has 0 bridgehead atoms. The maximum Gasteiger partial charge on any atom is 0.573 e. The first-order chi connectivity index (χ1) is 17.4. The standard InChI is InChI=1S/C24H28F3N5O5/c1-23(2,3)37-22(35)31-12-10-30(11-13-31)21-19-17(18(34)14-33)8-9-28-20(19)32(29-21)15-4-6-16(7-5-15)36-24(25,26)27/h4-9,18,33-34H,10-14H2,1-3H3. The zero-order chi connectivity index (χ0) is 27.0. The lowest BCUT2D eigenvalue weighted by Gasteiger charge is -2.36. The topological polar surface area (TPSA) is 113 Å². The number of rotatable bonds is 5. The zero-order valence-electron chi connectivity index (χ0n) is 20.6. The Morgan fingerprint density at radius 1 is 1.08 bits per heavy atom. The summed E-state index contributed by atoms with van der Waals surface area (Å²) in [6.07, 6.45) is -4.97. The van der Waals surface area contributed by atoms with Crippen LogP contribution >= 0.6 is 0 Å². The van der Waals surface area contributed by atoms with Crippen molar-refractivity contribution >= 4 is 22.9 Å². The third kappa shape index (κ3) is 6.05. The van der Waals surface area contributed by atoms with Gasteiger partial charge < -0.3 is 29.5 Å². The van der Waals surface area contributed by atoms with Crippen LogP contribution in [0.25, 0.3) is 16.7 Å². The smallest absolute Gasteiger partial charge is 0.444 e. The van der Waals surface area contributed by atoms with Crippen molar-refractivity contribution in [1.82, 2.24) is 19.7 Å². The van der Waals surface area contributed by atoms with Crippen molar-refractivity contribution in [2.75, 3.05) is 37.7 Å². The molecule has 1 fully saturated rings. The molecule has 3 aromatic rings. The molecule has 1 aliphatic heterocycles. The summed E-state index contributed by atoms with van der Waals surface area (Å²) in [4.78, 5) is 20.4. The van der Waals surface area contributed by atoms with Gasteiger partial charge in [-0.15, -0.1) is 18.3 Å². The van der Waals surface area contributed by atoms with E-state index in [1.807, 2.05) is 4.90 Å². The van der Waals surface area contributed by atoms with Crippen LogP contribution < -0.4 is 9.64 Å². The Balaban J connectivity index is 1.68. The third-order valence-electron chi connectivity index (χ3n) is 5.66. The number of piperazine rings is 1. The molecule has 4 rings (SSSR count). The number of hydrogen-bond acceptors (Lipinski definition) is 8. The lowest BCUT2D eigenvalue weighted by atomic mass is 10.1. The molecule has 1 aliphatic rings. The number of nitrogens with zero attached hydrogens (tertiary/aromatic N) is 5. The number of alkyl halides is 3. The number of anilines is 1. The highest BCUT2D eigenvalue weighted by atomic mass is 19.4. The van der Waals surface area contributed by atoms with Gasteiger partial charge in [-0.05, 0) is 56.7 Å². The number of ether oxygens (including phenoxy) is 2. The van der Waals surface area contributed by atoms with Crippen LogP contribution in [-0.2, 0) is 4.74 Å². The highest BCUT2D eigenvalue weighted by Crippen LogP contribution is 2.34. The van der Waals surface area contributed by atoms with E-state index in [0.29, 0.717) is 54.3 Å². The minimum Gasteiger partial charge on any atom is -0.444 e. The maximum atomic E-state index is 12.6. The maximum absolute atomic E-state index is 12.6. The molecule has 0 saturated carbocycles. The van der Waals surface area contributed by atoms with E-state index in [0.717, 1.165) is 0 Å². The summed E-state index contributed by atoms with van der Waals surface area (Å²) in [5.74, 6) is 0.0839. The number of amides is 1. The Kier molecular flexibility index (Phi) is 7.20. The zero-order valence-corrected chi connectivity index (χ0v) is 20.6. The number of aromatic nitrogens is 3. The number of aliphatic hydroxyl groups excluding tert-OH is 2. The van der Waals surface area contributed by atoms with Gasteiger partial charge in [0.25, 0.3) is 0 Å². The molecule has 1 saturated heterocycles. The average Bonchev–Trinajstić information content (AvgIpc) is 3.22. The second-order valence-corrected chi connectivity index (χ2v) is 9.53. The summed E-state index contributed by atoms with van der Waals surface area (Å²) in [6, 6.07) is 6.74. The van der Waals surface area contributed by atoms with Gasteiger partial charge in [0.1, 0.15) is 17.5 Å². The summed E-state index contributed by atoms with van der Waals surface area (Å²) in [7, 11) is 0. The normalized spacial score (nSPS) is 15.7. The molecule has 1 amide bonds. The first-order valence-corrected chi connectivity index (χ1v) is 11.6. The van der Waals surface area contributed by atoms with Crippen molar-refractivity contribution in [1.29, 1.82) is 0 Å². The summed E-state index contributed by atoms with van der Waals surface area (Å²) >= 11 is 0. The van der Waals surface area contributed by atoms with Crippen molar-refractivity contribution in [3.05, 3.63) is 42.1 Å². The van der Waals surface area contributed by atoms with Crippen LogP contribution in [0.2, 0.25) is 0 Å². The summed E-state index contributed by atoms with van der Waals surface area (Å²) < 4.78 is 48.5. The molecule has 13 heteroatoms. The number of aliphatic hydroxyl groups is 2.